The average Bonchev–Trinajstić information content (AvgIpc) is 2.64. The average molecular weight is 298 g/mol. The number of hydroxylamine groups is 1. The zero-order valence-electron chi connectivity index (χ0n) is 12.3. The number of hydrazone groups is 1. The third-order valence-corrected chi connectivity index (χ3v) is 3.02. The zero-order valence-corrected chi connectivity index (χ0v) is 12.3. The van der Waals surface area contributed by atoms with Crippen molar-refractivity contribution in [2.75, 3.05) is 31.4 Å². The van der Waals surface area contributed by atoms with Crippen molar-refractivity contribution in [3.63, 3.8) is 0 Å². The Bertz CT molecular complexity index is 711. The molecule has 22 heavy (non-hydrogen) atoms. The van der Waals surface area contributed by atoms with Gasteiger partial charge < -0.3 is 21.3 Å². The number of hydrogen-bond donors (Lipinski definition) is 3. The van der Waals surface area contributed by atoms with Crippen LogP contribution in [0.3, 0.4) is 0 Å². The molecule has 1 heterocycles. The van der Waals surface area contributed by atoms with E-state index >= 15 is 0 Å². The maximum atomic E-state index is 12.1. The molecule has 1 aromatic carbocycles. The summed E-state index contributed by atoms with van der Waals surface area (Å²) in [5.41, 5.74) is 10.4. The van der Waals surface area contributed by atoms with Gasteiger partial charge in [-0.05, 0) is 32.3 Å². The molecule has 0 radical (unpaired) electrons. The van der Waals surface area contributed by atoms with Crippen LogP contribution in [0, 0.1) is 17.0 Å². The first-order chi connectivity index (χ1) is 10.5. The van der Waals surface area contributed by atoms with E-state index < -0.39 is 5.91 Å². The van der Waals surface area contributed by atoms with Gasteiger partial charge >= 0.3 is 0 Å². The first-order valence-electron chi connectivity index (χ1n) is 6.56. The minimum Gasteiger partial charge on any atom is -0.758 e. The lowest BCUT2D eigenvalue weighted by molar-refractivity contribution is 0.0955. The molecule has 0 atom stereocenters. The molecule has 0 fully saturated rings. The van der Waals surface area contributed by atoms with Crippen molar-refractivity contribution in [3.05, 3.63) is 34.5 Å². The largest absolute Gasteiger partial charge is 0.758 e. The second kappa shape index (κ2) is 6.76. The van der Waals surface area contributed by atoms with Crippen LogP contribution in [0.25, 0.3) is 5.57 Å². The van der Waals surface area contributed by atoms with E-state index in [0.29, 0.717) is 34.1 Å². The van der Waals surface area contributed by atoms with Crippen molar-refractivity contribution < 1.29 is 4.79 Å². The Balaban J connectivity index is 2.57. The fourth-order valence-electron chi connectivity index (χ4n) is 1.99. The number of rotatable bonds is 2. The molecule has 0 unspecified atom stereocenters. The number of amides is 1. The van der Waals surface area contributed by atoms with E-state index in [1.807, 2.05) is 0 Å². The minimum atomic E-state index is -0.423. The molecule has 114 valence electrons. The maximum absolute atomic E-state index is 12.1. The summed E-state index contributed by atoms with van der Waals surface area (Å²) in [4.78, 5) is 12.1. The second-order valence-electron chi connectivity index (χ2n) is 4.61. The summed E-state index contributed by atoms with van der Waals surface area (Å²) in [7, 11) is 3.14. The summed E-state index contributed by atoms with van der Waals surface area (Å²) < 4.78 is 0. The first kappa shape index (κ1) is 15.6. The summed E-state index contributed by atoms with van der Waals surface area (Å²) in [6.07, 6.45) is 3.12. The molecule has 2 rings (SSSR count). The minimum absolute atomic E-state index is 0.289. The quantitative estimate of drug-likeness (QED) is 0.420. The Kier molecular flexibility index (Phi) is 4.78. The van der Waals surface area contributed by atoms with Gasteiger partial charge in [-0.1, -0.05) is 11.8 Å². The van der Waals surface area contributed by atoms with Crippen molar-refractivity contribution in [1.82, 2.24) is 10.7 Å². The molecule has 1 aliphatic rings. The van der Waals surface area contributed by atoms with Gasteiger partial charge in [0, 0.05) is 22.5 Å². The summed E-state index contributed by atoms with van der Waals surface area (Å²) in [6.45, 7) is 0.542. The third-order valence-electron chi connectivity index (χ3n) is 3.02. The third kappa shape index (κ3) is 3.25. The van der Waals surface area contributed by atoms with Gasteiger partial charge in [-0.3, -0.25) is 4.79 Å². The standard InChI is InChI=1S/C15H16N5O2/c1-17-6-4-3-5-10-9-18-19-15(21)12-7-11(20(2)22)8-13(16)14(10)12/h5,7-9,17H,6,16H2,1-2H3,(H,19,21)/q-1/b10-5+. The van der Waals surface area contributed by atoms with E-state index in [2.05, 4.69) is 27.7 Å². The number of carbonyl (C=O) groups excluding carboxylic acids is 1. The Morgan fingerprint density at radius 2 is 2.32 bits per heavy atom. The van der Waals surface area contributed by atoms with Crippen LogP contribution >= 0.6 is 0 Å². The molecule has 0 bridgehead atoms. The highest BCUT2D eigenvalue weighted by Gasteiger charge is 2.20. The van der Waals surface area contributed by atoms with Crippen molar-refractivity contribution in [2.24, 2.45) is 5.10 Å². The van der Waals surface area contributed by atoms with Crippen molar-refractivity contribution in [2.45, 2.75) is 0 Å². The van der Waals surface area contributed by atoms with Crippen LogP contribution in [-0.4, -0.2) is 32.8 Å². The van der Waals surface area contributed by atoms with Gasteiger partial charge in [-0.2, -0.15) is 5.10 Å². The number of allylic oxidation sites excluding steroid dienone is 2. The number of nitrogens with two attached hydrogens (primary N) is 1. The van der Waals surface area contributed by atoms with Crippen molar-refractivity contribution >= 4 is 29.1 Å². The summed E-state index contributed by atoms with van der Waals surface area (Å²) >= 11 is 0. The summed E-state index contributed by atoms with van der Waals surface area (Å²) in [5.74, 6) is 5.34. The number of nitrogen functional groups attached to an aromatic ring is 1. The summed E-state index contributed by atoms with van der Waals surface area (Å²) in [6, 6.07) is 3.00. The predicted molar refractivity (Wildman–Crippen MR) is 88.3 cm³/mol. The molecule has 0 saturated heterocycles. The van der Waals surface area contributed by atoms with Crippen LogP contribution in [0.1, 0.15) is 15.9 Å². The number of hydrogen-bond acceptors (Lipinski definition) is 6. The van der Waals surface area contributed by atoms with Gasteiger partial charge in [0.2, 0.25) is 0 Å². The molecule has 7 heteroatoms. The van der Waals surface area contributed by atoms with E-state index in [9.17, 15) is 10.0 Å². The normalized spacial score (nSPS) is 14.7. The Labute approximate surface area is 128 Å². The maximum Gasteiger partial charge on any atom is 0.272 e. The fourth-order valence-corrected chi connectivity index (χ4v) is 1.99. The topological polar surface area (TPSA) is 106 Å². The Morgan fingerprint density at radius 3 is 3.00 bits per heavy atom. The highest BCUT2D eigenvalue weighted by atomic mass is 16.5. The van der Waals surface area contributed by atoms with E-state index in [4.69, 9.17) is 5.73 Å². The second-order valence-corrected chi connectivity index (χ2v) is 4.61. The van der Waals surface area contributed by atoms with E-state index in [-0.39, 0.29) is 5.56 Å². The highest BCUT2D eigenvalue weighted by molar-refractivity contribution is 6.19. The zero-order chi connectivity index (χ0) is 16.1. The molecule has 0 aliphatic carbocycles. The van der Waals surface area contributed by atoms with Crippen LogP contribution in [0.4, 0.5) is 11.4 Å². The molecule has 4 N–H and O–H groups in total. The molecular weight excluding hydrogens is 282 g/mol. The summed E-state index contributed by atoms with van der Waals surface area (Å²) in [5, 5.41) is 18.8. The highest BCUT2D eigenvalue weighted by Crippen LogP contribution is 2.31. The number of anilines is 2. The van der Waals surface area contributed by atoms with E-state index in [1.165, 1.54) is 25.4 Å². The molecular formula is C15H16N5O2-. The van der Waals surface area contributed by atoms with Crippen LogP contribution in [0.5, 0.6) is 0 Å². The number of nitrogens with one attached hydrogen (secondary N) is 2. The van der Waals surface area contributed by atoms with Gasteiger partial charge in [-0.15, -0.1) is 0 Å². The molecule has 1 aliphatic heterocycles. The lowest BCUT2D eigenvalue weighted by Crippen LogP contribution is -2.18. The molecule has 1 amide bonds. The van der Waals surface area contributed by atoms with Crippen molar-refractivity contribution in [1.29, 1.82) is 0 Å². The van der Waals surface area contributed by atoms with Gasteiger partial charge in [0.15, 0.2) is 0 Å². The number of carbonyl (C=O) groups is 1. The van der Waals surface area contributed by atoms with Gasteiger partial charge in [-0.25, -0.2) is 5.43 Å². The molecule has 0 saturated carbocycles. The van der Waals surface area contributed by atoms with Gasteiger partial charge in [0.05, 0.1) is 18.3 Å². The van der Waals surface area contributed by atoms with Crippen molar-refractivity contribution in [3.8, 4) is 11.8 Å². The van der Waals surface area contributed by atoms with E-state index in [1.54, 1.807) is 13.1 Å². The van der Waals surface area contributed by atoms with Crippen LogP contribution in [0.2, 0.25) is 0 Å². The van der Waals surface area contributed by atoms with Crippen LogP contribution in [0.15, 0.2) is 23.3 Å². The smallest absolute Gasteiger partial charge is 0.272 e. The first-order valence-corrected chi connectivity index (χ1v) is 6.56. The molecule has 7 nitrogen and oxygen atoms in total. The van der Waals surface area contributed by atoms with Gasteiger partial charge in [0.1, 0.15) is 0 Å². The number of nitrogens with zero attached hydrogens (tertiary/aromatic N) is 2. The Hall–Kier alpha value is -2.82. The van der Waals surface area contributed by atoms with E-state index in [0.717, 1.165) is 0 Å². The fraction of sp³-hybridized carbons (Fsp3) is 0.200. The predicted octanol–water partition coefficient (Wildman–Crippen LogP) is 0.538. The van der Waals surface area contributed by atoms with Crippen LogP contribution in [-0.2, 0) is 0 Å². The molecule has 0 aromatic heterocycles. The number of fused-ring (bicyclic) bond motifs is 1. The van der Waals surface area contributed by atoms with Crippen LogP contribution < -0.4 is 21.5 Å². The monoisotopic (exact) mass is 298 g/mol. The van der Waals surface area contributed by atoms with Gasteiger partial charge in [0.25, 0.3) is 5.91 Å². The Morgan fingerprint density at radius 1 is 1.55 bits per heavy atom. The molecule has 1 aromatic rings. The molecule has 0 spiro atoms. The number of benzene rings is 1. The lowest BCUT2D eigenvalue weighted by atomic mass is 9.97. The lowest BCUT2D eigenvalue weighted by Gasteiger charge is -2.26. The SMILES string of the molecule is CNCC#C/C=C1\C=NNC(=O)c2cc(N(C)[O-])cc(N)c21.